The van der Waals surface area contributed by atoms with Gasteiger partial charge in [-0.05, 0) is 47.2 Å². The minimum atomic E-state index is -0.431. The Morgan fingerprint density at radius 3 is 2.52 bits per heavy atom. The first-order chi connectivity index (χ1) is 14.0. The molecule has 1 atom stereocenters. The molecule has 0 amide bonds. The Bertz CT molecular complexity index is 990. The van der Waals surface area contributed by atoms with Crippen molar-refractivity contribution in [2.45, 2.75) is 26.0 Å². The van der Waals surface area contributed by atoms with Crippen LogP contribution in [-0.2, 0) is 13.0 Å². The van der Waals surface area contributed by atoms with E-state index in [1.54, 1.807) is 12.1 Å². The Balaban J connectivity index is 1.82. The van der Waals surface area contributed by atoms with Gasteiger partial charge in [0.25, 0.3) is 0 Å². The van der Waals surface area contributed by atoms with Gasteiger partial charge >= 0.3 is 5.69 Å². The van der Waals surface area contributed by atoms with Crippen LogP contribution >= 0.6 is 0 Å². The lowest BCUT2D eigenvalue weighted by Crippen LogP contribution is -2.31. The van der Waals surface area contributed by atoms with Gasteiger partial charge < -0.3 is 16.2 Å². The molecule has 6 heteroatoms. The fraction of sp³-hybridized carbons (Fsp3) is 0.217. The molecule has 3 aromatic rings. The number of nitrogens with two attached hydrogens (primary N) is 2. The van der Waals surface area contributed by atoms with E-state index in [0.717, 1.165) is 27.8 Å². The molecule has 0 aliphatic heterocycles. The number of nitro groups is 1. The molecule has 3 rings (SSSR count). The fourth-order valence-electron chi connectivity index (χ4n) is 3.27. The normalized spacial score (nSPS) is 11.8. The molecule has 6 nitrogen and oxygen atoms in total. The highest BCUT2D eigenvalue weighted by Gasteiger charge is 2.17. The molecular formula is C23H25N3O3. The third-order valence-corrected chi connectivity index (χ3v) is 4.93. The first-order valence-corrected chi connectivity index (χ1v) is 9.49. The highest BCUT2D eigenvalue weighted by Crippen LogP contribution is 2.31. The van der Waals surface area contributed by atoms with Crippen molar-refractivity contribution in [2.24, 2.45) is 11.5 Å². The zero-order valence-corrected chi connectivity index (χ0v) is 16.4. The zero-order chi connectivity index (χ0) is 20.8. The van der Waals surface area contributed by atoms with E-state index in [2.05, 4.69) is 18.2 Å². The smallest absolute Gasteiger partial charge is 0.311 e. The van der Waals surface area contributed by atoms with E-state index in [0.29, 0.717) is 13.0 Å². The molecule has 0 radical (unpaired) electrons. The minimum absolute atomic E-state index is 0.0661. The van der Waals surface area contributed by atoms with Crippen molar-refractivity contribution in [1.82, 2.24) is 0 Å². The highest BCUT2D eigenvalue weighted by molar-refractivity contribution is 5.68. The Labute approximate surface area is 170 Å². The molecule has 0 fully saturated rings. The molecule has 150 valence electrons. The van der Waals surface area contributed by atoms with Crippen LogP contribution in [0.4, 0.5) is 5.69 Å². The van der Waals surface area contributed by atoms with Crippen LogP contribution in [0.2, 0.25) is 0 Å². The second-order valence-corrected chi connectivity index (χ2v) is 7.00. The summed E-state index contributed by atoms with van der Waals surface area (Å²) in [5.74, 6) is 0.240. The summed E-state index contributed by atoms with van der Waals surface area (Å²) >= 11 is 0. The van der Waals surface area contributed by atoms with Gasteiger partial charge in [-0.15, -0.1) is 0 Å². The van der Waals surface area contributed by atoms with Crippen molar-refractivity contribution in [1.29, 1.82) is 0 Å². The highest BCUT2D eigenvalue weighted by atomic mass is 16.6. The predicted molar refractivity (Wildman–Crippen MR) is 115 cm³/mol. The summed E-state index contributed by atoms with van der Waals surface area (Å²) in [4.78, 5) is 11.1. The summed E-state index contributed by atoms with van der Waals surface area (Å²) in [6.07, 6.45) is 0.482. The fourth-order valence-corrected chi connectivity index (χ4v) is 3.27. The van der Waals surface area contributed by atoms with E-state index < -0.39 is 4.92 Å². The van der Waals surface area contributed by atoms with Crippen molar-refractivity contribution in [2.75, 3.05) is 6.54 Å². The average molecular weight is 391 g/mol. The van der Waals surface area contributed by atoms with Gasteiger partial charge in [-0.2, -0.15) is 0 Å². The number of ether oxygens (including phenoxy) is 1. The van der Waals surface area contributed by atoms with Crippen LogP contribution < -0.4 is 16.2 Å². The second-order valence-electron chi connectivity index (χ2n) is 7.00. The van der Waals surface area contributed by atoms with Crippen LogP contribution in [-0.4, -0.2) is 17.5 Å². The molecular weight excluding hydrogens is 366 g/mol. The lowest BCUT2D eigenvalue weighted by Gasteiger charge is -2.14. The first kappa shape index (κ1) is 20.5. The molecule has 0 spiro atoms. The van der Waals surface area contributed by atoms with Crippen LogP contribution in [0.25, 0.3) is 11.1 Å². The quantitative estimate of drug-likeness (QED) is 0.446. The Morgan fingerprint density at radius 2 is 1.83 bits per heavy atom. The number of nitro benzene ring substituents is 1. The number of rotatable bonds is 8. The Kier molecular flexibility index (Phi) is 6.59. The van der Waals surface area contributed by atoms with Gasteiger partial charge in [0.1, 0.15) is 6.61 Å². The van der Waals surface area contributed by atoms with Crippen molar-refractivity contribution >= 4 is 5.69 Å². The van der Waals surface area contributed by atoms with E-state index in [1.165, 1.54) is 6.07 Å². The number of hydrogen-bond acceptors (Lipinski definition) is 5. The number of benzene rings is 3. The van der Waals surface area contributed by atoms with E-state index in [9.17, 15) is 10.1 Å². The Hall–Kier alpha value is -3.22. The molecule has 3 aromatic carbocycles. The molecule has 0 aliphatic rings. The van der Waals surface area contributed by atoms with E-state index in [-0.39, 0.29) is 24.1 Å². The molecule has 0 bridgehead atoms. The maximum absolute atomic E-state index is 11.5. The van der Waals surface area contributed by atoms with Crippen molar-refractivity contribution in [3.63, 3.8) is 0 Å². The molecule has 1 unspecified atom stereocenters. The minimum Gasteiger partial charge on any atom is -0.482 e. The maximum atomic E-state index is 11.5. The van der Waals surface area contributed by atoms with Crippen molar-refractivity contribution < 1.29 is 9.66 Å². The van der Waals surface area contributed by atoms with Gasteiger partial charge in [0.15, 0.2) is 5.75 Å². The van der Waals surface area contributed by atoms with Crippen LogP contribution in [0.5, 0.6) is 5.75 Å². The maximum Gasteiger partial charge on any atom is 0.311 e. The number of hydrogen-bond donors (Lipinski definition) is 2. The lowest BCUT2D eigenvalue weighted by atomic mass is 9.97. The summed E-state index contributed by atoms with van der Waals surface area (Å²) < 4.78 is 5.84. The summed E-state index contributed by atoms with van der Waals surface area (Å²) in [5, 5.41) is 11.5. The molecule has 4 N–H and O–H groups in total. The SMILES string of the molecule is Cc1c(COc2ccc(CC(N)CN)cc2[N+](=O)[O-])cccc1-c1ccccc1. The standard InChI is InChI=1S/C23H25N3O3/c1-16-19(8-5-9-21(16)18-6-3-2-4-7-18)15-29-23-11-10-17(12-20(25)14-24)13-22(23)26(27)28/h2-11,13,20H,12,14-15,24-25H2,1H3. The van der Waals surface area contributed by atoms with Crippen LogP contribution in [0.15, 0.2) is 66.7 Å². The summed E-state index contributed by atoms with van der Waals surface area (Å²) in [6.45, 7) is 2.60. The third-order valence-electron chi connectivity index (χ3n) is 4.93. The Morgan fingerprint density at radius 1 is 1.07 bits per heavy atom. The predicted octanol–water partition coefficient (Wildman–Crippen LogP) is 3.98. The largest absolute Gasteiger partial charge is 0.482 e. The van der Waals surface area contributed by atoms with Crippen LogP contribution in [0, 0.1) is 17.0 Å². The van der Waals surface area contributed by atoms with Crippen LogP contribution in [0.3, 0.4) is 0 Å². The molecule has 0 heterocycles. The van der Waals surface area contributed by atoms with Gasteiger partial charge in [0, 0.05) is 18.7 Å². The first-order valence-electron chi connectivity index (χ1n) is 9.49. The van der Waals surface area contributed by atoms with Crippen molar-refractivity contribution in [3.8, 4) is 16.9 Å². The third kappa shape index (κ3) is 4.99. The van der Waals surface area contributed by atoms with E-state index >= 15 is 0 Å². The molecule has 0 aliphatic carbocycles. The molecule has 29 heavy (non-hydrogen) atoms. The van der Waals surface area contributed by atoms with E-state index in [1.807, 2.05) is 37.3 Å². The molecule has 0 aromatic heterocycles. The lowest BCUT2D eigenvalue weighted by molar-refractivity contribution is -0.386. The number of nitrogens with zero attached hydrogens (tertiary/aromatic N) is 1. The topological polar surface area (TPSA) is 104 Å². The average Bonchev–Trinajstić information content (AvgIpc) is 2.74. The van der Waals surface area contributed by atoms with Crippen molar-refractivity contribution in [3.05, 3.63) is 93.5 Å². The zero-order valence-electron chi connectivity index (χ0n) is 16.4. The van der Waals surface area contributed by atoms with Gasteiger partial charge in [0.2, 0.25) is 0 Å². The molecule has 0 saturated carbocycles. The summed E-state index contributed by atoms with van der Waals surface area (Å²) in [6, 6.07) is 20.8. The van der Waals surface area contributed by atoms with Gasteiger partial charge in [-0.1, -0.05) is 54.6 Å². The monoisotopic (exact) mass is 391 g/mol. The van der Waals surface area contributed by atoms with Gasteiger partial charge in [-0.3, -0.25) is 10.1 Å². The summed E-state index contributed by atoms with van der Waals surface area (Å²) in [7, 11) is 0. The van der Waals surface area contributed by atoms with E-state index in [4.69, 9.17) is 16.2 Å². The van der Waals surface area contributed by atoms with Gasteiger partial charge in [-0.25, -0.2) is 0 Å². The second kappa shape index (κ2) is 9.32. The van der Waals surface area contributed by atoms with Gasteiger partial charge in [0.05, 0.1) is 4.92 Å². The summed E-state index contributed by atoms with van der Waals surface area (Å²) in [5.41, 5.74) is 16.4. The molecule has 0 saturated heterocycles. The van der Waals surface area contributed by atoms with Crippen LogP contribution in [0.1, 0.15) is 16.7 Å².